The van der Waals surface area contributed by atoms with Gasteiger partial charge in [0.1, 0.15) is 12.4 Å². The third-order valence-corrected chi connectivity index (χ3v) is 3.45. The van der Waals surface area contributed by atoms with E-state index in [1.54, 1.807) is 0 Å². The SMILES string of the molecule is CC(C)CNCC1CCC(COc2ccc(F)c(F)c2)O1. The quantitative estimate of drug-likeness (QED) is 0.839. The predicted molar refractivity (Wildman–Crippen MR) is 77.5 cm³/mol. The van der Waals surface area contributed by atoms with E-state index in [0.717, 1.165) is 38.1 Å². The molecule has 0 amide bonds. The maximum Gasteiger partial charge on any atom is 0.162 e. The highest BCUT2D eigenvalue weighted by molar-refractivity contribution is 5.23. The standard InChI is InChI=1S/C16H23F2NO2/c1-11(2)8-19-9-13-3-4-14(21-13)10-20-12-5-6-15(17)16(18)7-12/h5-7,11,13-14,19H,3-4,8-10H2,1-2H3. The van der Waals surface area contributed by atoms with Crippen LogP contribution in [0.3, 0.4) is 0 Å². The van der Waals surface area contributed by atoms with Gasteiger partial charge in [-0.05, 0) is 37.4 Å². The highest BCUT2D eigenvalue weighted by Crippen LogP contribution is 2.21. The third-order valence-electron chi connectivity index (χ3n) is 3.45. The molecule has 118 valence electrons. The summed E-state index contributed by atoms with van der Waals surface area (Å²) in [6, 6.07) is 3.56. The van der Waals surface area contributed by atoms with Gasteiger partial charge in [-0.1, -0.05) is 13.8 Å². The first-order valence-electron chi connectivity index (χ1n) is 7.48. The Morgan fingerprint density at radius 1 is 1.24 bits per heavy atom. The smallest absolute Gasteiger partial charge is 0.162 e. The van der Waals surface area contributed by atoms with E-state index in [1.807, 2.05) is 0 Å². The number of halogens is 2. The van der Waals surface area contributed by atoms with Crippen LogP contribution in [0.15, 0.2) is 18.2 Å². The van der Waals surface area contributed by atoms with E-state index in [4.69, 9.17) is 9.47 Å². The maximum absolute atomic E-state index is 13.1. The molecule has 1 heterocycles. The number of hydrogen-bond acceptors (Lipinski definition) is 3. The Labute approximate surface area is 124 Å². The molecule has 1 N–H and O–H groups in total. The number of nitrogens with one attached hydrogen (secondary N) is 1. The lowest BCUT2D eigenvalue weighted by Gasteiger charge is -2.16. The van der Waals surface area contributed by atoms with Crippen molar-refractivity contribution >= 4 is 0 Å². The zero-order valence-electron chi connectivity index (χ0n) is 12.6. The number of benzene rings is 1. The van der Waals surface area contributed by atoms with Crippen molar-refractivity contribution in [3.63, 3.8) is 0 Å². The van der Waals surface area contributed by atoms with E-state index < -0.39 is 11.6 Å². The van der Waals surface area contributed by atoms with E-state index in [0.29, 0.717) is 18.3 Å². The summed E-state index contributed by atoms with van der Waals surface area (Å²) < 4.78 is 37.2. The monoisotopic (exact) mass is 299 g/mol. The minimum atomic E-state index is -0.893. The van der Waals surface area contributed by atoms with E-state index in [2.05, 4.69) is 19.2 Å². The van der Waals surface area contributed by atoms with Crippen molar-refractivity contribution in [2.45, 2.75) is 38.9 Å². The minimum absolute atomic E-state index is 0.0176. The molecule has 0 bridgehead atoms. The second-order valence-corrected chi connectivity index (χ2v) is 5.90. The summed E-state index contributed by atoms with van der Waals surface area (Å²) in [5.41, 5.74) is 0. The molecule has 1 aliphatic heterocycles. The molecule has 0 spiro atoms. The molecule has 1 aromatic carbocycles. The van der Waals surface area contributed by atoms with Crippen LogP contribution in [0.1, 0.15) is 26.7 Å². The molecule has 5 heteroatoms. The Bertz CT molecular complexity index is 454. The van der Waals surface area contributed by atoms with Crippen LogP contribution in [0, 0.1) is 17.6 Å². The van der Waals surface area contributed by atoms with Gasteiger partial charge in [0, 0.05) is 12.6 Å². The molecule has 3 nitrogen and oxygen atoms in total. The first kappa shape index (κ1) is 16.2. The van der Waals surface area contributed by atoms with Crippen LogP contribution in [0.25, 0.3) is 0 Å². The molecular weight excluding hydrogens is 276 g/mol. The molecule has 1 saturated heterocycles. The fourth-order valence-corrected chi connectivity index (χ4v) is 2.34. The molecule has 21 heavy (non-hydrogen) atoms. The topological polar surface area (TPSA) is 30.5 Å². The Morgan fingerprint density at radius 3 is 2.71 bits per heavy atom. The van der Waals surface area contributed by atoms with Crippen molar-refractivity contribution in [1.29, 1.82) is 0 Å². The second kappa shape index (κ2) is 7.71. The summed E-state index contributed by atoms with van der Waals surface area (Å²) in [6.07, 6.45) is 2.15. The van der Waals surface area contributed by atoms with Gasteiger partial charge < -0.3 is 14.8 Å². The van der Waals surface area contributed by atoms with Crippen LogP contribution in [-0.4, -0.2) is 31.9 Å². The molecule has 1 aromatic rings. The molecule has 0 saturated carbocycles. The van der Waals surface area contributed by atoms with Crippen molar-refractivity contribution in [3.8, 4) is 5.75 Å². The number of ether oxygens (including phenoxy) is 2. The highest BCUT2D eigenvalue weighted by atomic mass is 19.2. The molecule has 2 rings (SSSR count). The molecule has 0 aliphatic carbocycles. The molecule has 1 aliphatic rings. The second-order valence-electron chi connectivity index (χ2n) is 5.90. The van der Waals surface area contributed by atoms with E-state index in [1.165, 1.54) is 6.07 Å². The van der Waals surface area contributed by atoms with Crippen LogP contribution in [-0.2, 0) is 4.74 Å². The van der Waals surface area contributed by atoms with E-state index in [-0.39, 0.29) is 12.2 Å². The Balaban J connectivity index is 1.69. The van der Waals surface area contributed by atoms with Crippen LogP contribution in [0.4, 0.5) is 8.78 Å². The molecule has 2 unspecified atom stereocenters. The largest absolute Gasteiger partial charge is 0.491 e. The normalized spacial score (nSPS) is 22.0. The number of hydrogen-bond donors (Lipinski definition) is 1. The Hall–Kier alpha value is -1.20. The van der Waals surface area contributed by atoms with Crippen molar-refractivity contribution in [2.24, 2.45) is 5.92 Å². The van der Waals surface area contributed by atoms with Gasteiger partial charge in [-0.15, -0.1) is 0 Å². The van der Waals surface area contributed by atoms with Gasteiger partial charge in [-0.25, -0.2) is 8.78 Å². The van der Waals surface area contributed by atoms with Gasteiger partial charge >= 0.3 is 0 Å². The third kappa shape index (κ3) is 5.25. The van der Waals surface area contributed by atoms with Crippen molar-refractivity contribution in [1.82, 2.24) is 5.32 Å². The van der Waals surface area contributed by atoms with Crippen LogP contribution < -0.4 is 10.1 Å². The molecule has 1 fully saturated rings. The fraction of sp³-hybridized carbons (Fsp3) is 0.625. The summed E-state index contributed by atoms with van der Waals surface area (Å²) in [6.45, 7) is 6.53. The summed E-state index contributed by atoms with van der Waals surface area (Å²) in [4.78, 5) is 0. The van der Waals surface area contributed by atoms with Gasteiger partial charge in [-0.3, -0.25) is 0 Å². The predicted octanol–water partition coefficient (Wildman–Crippen LogP) is 3.14. The lowest BCUT2D eigenvalue weighted by atomic mass is 10.2. The van der Waals surface area contributed by atoms with Crippen molar-refractivity contribution in [2.75, 3.05) is 19.7 Å². The average molecular weight is 299 g/mol. The van der Waals surface area contributed by atoms with E-state index in [9.17, 15) is 8.78 Å². The fourth-order valence-electron chi connectivity index (χ4n) is 2.34. The van der Waals surface area contributed by atoms with Gasteiger partial charge in [0.25, 0.3) is 0 Å². The van der Waals surface area contributed by atoms with Gasteiger partial charge in [-0.2, -0.15) is 0 Å². The summed E-state index contributed by atoms with van der Waals surface area (Å²) in [7, 11) is 0. The van der Waals surface area contributed by atoms with Crippen LogP contribution in [0.2, 0.25) is 0 Å². The molecule has 0 radical (unpaired) electrons. The first-order valence-corrected chi connectivity index (χ1v) is 7.48. The summed E-state index contributed by atoms with van der Waals surface area (Å²) in [5.74, 6) is -0.802. The number of rotatable bonds is 7. The highest BCUT2D eigenvalue weighted by Gasteiger charge is 2.25. The van der Waals surface area contributed by atoms with Crippen molar-refractivity contribution in [3.05, 3.63) is 29.8 Å². The first-order chi connectivity index (χ1) is 10.0. The van der Waals surface area contributed by atoms with Crippen LogP contribution in [0.5, 0.6) is 5.75 Å². The van der Waals surface area contributed by atoms with Gasteiger partial charge in [0.05, 0.1) is 12.2 Å². The lowest BCUT2D eigenvalue weighted by Crippen LogP contribution is -2.30. The summed E-state index contributed by atoms with van der Waals surface area (Å²) >= 11 is 0. The maximum atomic E-state index is 13.1. The van der Waals surface area contributed by atoms with Gasteiger partial charge in [0.15, 0.2) is 11.6 Å². The molecule has 2 atom stereocenters. The molecule has 0 aromatic heterocycles. The summed E-state index contributed by atoms with van der Waals surface area (Å²) in [5, 5.41) is 3.38. The lowest BCUT2D eigenvalue weighted by molar-refractivity contribution is 0.0183. The van der Waals surface area contributed by atoms with Crippen molar-refractivity contribution < 1.29 is 18.3 Å². The Morgan fingerprint density at radius 2 is 2.00 bits per heavy atom. The van der Waals surface area contributed by atoms with Crippen LogP contribution >= 0.6 is 0 Å². The van der Waals surface area contributed by atoms with Gasteiger partial charge in [0.2, 0.25) is 0 Å². The average Bonchev–Trinajstić information content (AvgIpc) is 2.88. The zero-order valence-corrected chi connectivity index (χ0v) is 12.6. The van der Waals surface area contributed by atoms with E-state index >= 15 is 0 Å². The zero-order chi connectivity index (χ0) is 15.2. The minimum Gasteiger partial charge on any atom is -0.491 e. The Kier molecular flexibility index (Phi) is 5.94. The molecular formula is C16H23F2NO2.